The van der Waals surface area contributed by atoms with Gasteiger partial charge in [0.1, 0.15) is 5.56 Å². The molecule has 1 amide bonds. The highest BCUT2D eigenvalue weighted by atomic mass is 19.4. The summed E-state index contributed by atoms with van der Waals surface area (Å²) in [5, 5.41) is 3.54. The third kappa shape index (κ3) is 7.28. The molecule has 0 aromatic carbocycles. The second-order valence-electron chi connectivity index (χ2n) is 5.93. The van der Waals surface area contributed by atoms with Crippen LogP contribution in [0, 0.1) is 18.9 Å². The topological polar surface area (TPSA) is 67.7 Å². The second-order valence-corrected chi connectivity index (χ2v) is 5.93. The summed E-state index contributed by atoms with van der Waals surface area (Å²) in [6.45, 7) is 14.6. The lowest BCUT2D eigenvalue weighted by atomic mass is 10.2. The molecule has 0 aliphatic carbocycles. The molecule has 0 N–H and O–H groups in total. The predicted octanol–water partition coefficient (Wildman–Crippen LogP) is 4.01. The Kier molecular flexibility index (Phi) is 11.6. The molecule has 0 unspecified atom stereocenters. The molecule has 0 fully saturated rings. The number of carbonyl (C=O) groups is 2. The lowest BCUT2D eigenvalue weighted by Gasteiger charge is -2.18. The lowest BCUT2D eigenvalue weighted by molar-refractivity contribution is -0.138. The number of hydrogen-bond acceptors (Lipinski definition) is 5. The third-order valence-corrected chi connectivity index (χ3v) is 4.12. The van der Waals surface area contributed by atoms with Crippen molar-refractivity contribution in [2.24, 2.45) is 0 Å². The van der Waals surface area contributed by atoms with Gasteiger partial charge in [0, 0.05) is 32.2 Å². The first-order valence-electron chi connectivity index (χ1n) is 9.84. The first kappa shape index (κ1) is 27.3. The molecule has 0 spiro atoms. The molecule has 1 aromatic heterocycles. The number of rotatable bonds is 6. The molecule has 0 radical (unpaired) electrons. The number of carbonyl (C=O) groups excluding carboxylic acids is 2. The van der Waals surface area contributed by atoms with Crippen LogP contribution in [0.3, 0.4) is 0 Å². The fourth-order valence-corrected chi connectivity index (χ4v) is 2.54. The zero-order valence-corrected chi connectivity index (χ0v) is 18.7. The van der Waals surface area contributed by atoms with Crippen LogP contribution in [0.5, 0.6) is 0 Å². The molecule has 30 heavy (non-hydrogen) atoms. The summed E-state index contributed by atoms with van der Waals surface area (Å²) in [5.41, 5.74) is -2.58. The monoisotopic (exact) mass is 432 g/mol. The van der Waals surface area contributed by atoms with E-state index in [2.05, 4.69) is 40.5 Å². The normalized spacial score (nSPS) is 10.3. The Hall–Kier alpha value is -2.70. The van der Waals surface area contributed by atoms with Gasteiger partial charge >= 0.3 is 18.2 Å². The molecule has 0 atom stereocenters. The van der Waals surface area contributed by atoms with Crippen molar-refractivity contribution in [1.82, 2.24) is 19.6 Å². The summed E-state index contributed by atoms with van der Waals surface area (Å²) in [6, 6.07) is 2.25. The van der Waals surface area contributed by atoms with Crippen molar-refractivity contribution < 1.29 is 27.5 Å². The third-order valence-electron chi connectivity index (χ3n) is 4.12. The molecule has 0 aliphatic heterocycles. The van der Waals surface area contributed by atoms with Gasteiger partial charge in [-0.25, -0.2) is 9.59 Å². The Balaban J connectivity index is 0.000000890. The van der Waals surface area contributed by atoms with E-state index >= 15 is 0 Å². The average Bonchev–Trinajstić information content (AvgIpc) is 3.05. The van der Waals surface area contributed by atoms with Crippen molar-refractivity contribution >= 4 is 12.0 Å². The smallest absolute Gasteiger partial charge is 0.420 e. The van der Waals surface area contributed by atoms with Crippen molar-refractivity contribution in [2.45, 2.75) is 54.6 Å². The van der Waals surface area contributed by atoms with Gasteiger partial charge in [0.25, 0.3) is 0 Å². The molecule has 0 aliphatic rings. The summed E-state index contributed by atoms with van der Waals surface area (Å²) in [7, 11) is 0. The number of nitrogens with zero attached hydrogens (tertiary/aromatic N) is 4. The number of halogens is 3. The molecular formula is C20H31F3N4O3. The van der Waals surface area contributed by atoms with Gasteiger partial charge < -0.3 is 14.5 Å². The summed E-state index contributed by atoms with van der Waals surface area (Å²) in [5.74, 6) is 1.64. The highest BCUT2D eigenvalue weighted by Crippen LogP contribution is 2.34. The number of hydrogen-bond donors (Lipinski definition) is 0. The van der Waals surface area contributed by atoms with Crippen molar-refractivity contribution in [2.75, 3.05) is 32.8 Å². The van der Waals surface area contributed by atoms with Gasteiger partial charge in [-0.2, -0.15) is 23.0 Å². The second kappa shape index (κ2) is 12.8. The van der Waals surface area contributed by atoms with Crippen LogP contribution < -0.4 is 0 Å². The molecule has 0 bridgehead atoms. The van der Waals surface area contributed by atoms with Crippen LogP contribution in [0.4, 0.5) is 18.0 Å². The SMILES string of the molecule is CC#CN(CC)CC.CCOC(=O)c1nn(C(=O)N(CC)CC)c(C)c1C(F)(F)F. The van der Waals surface area contributed by atoms with Gasteiger partial charge in [0.05, 0.1) is 12.3 Å². The molecule has 0 saturated heterocycles. The summed E-state index contributed by atoms with van der Waals surface area (Å²) >= 11 is 0. The largest absolute Gasteiger partial charge is 0.461 e. The van der Waals surface area contributed by atoms with E-state index in [1.165, 1.54) is 11.8 Å². The van der Waals surface area contributed by atoms with Gasteiger partial charge in [-0.05, 0) is 48.5 Å². The first-order chi connectivity index (χ1) is 14.0. The predicted molar refractivity (Wildman–Crippen MR) is 108 cm³/mol. The standard InChI is InChI=1S/C13H18F3N3O3.C7H13N/c1-5-18(6-2)12(21)19-8(4)9(13(14,15)16)10(17-19)11(20)22-7-3;1-4-7-8(5-2)6-3/h5-7H2,1-4H3;5-6H2,1-3H3. The first-order valence-corrected chi connectivity index (χ1v) is 9.84. The van der Waals surface area contributed by atoms with E-state index in [9.17, 15) is 22.8 Å². The Morgan fingerprint density at radius 2 is 1.60 bits per heavy atom. The molecule has 1 rings (SSSR count). The molecule has 10 heteroatoms. The maximum Gasteiger partial charge on any atom is 0.420 e. The van der Waals surface area contributed by atoms with Crippen LogP contribution in [0.1, 0.15) is 63.3 Å². The minimum atomic E-state index is -4.81. The average molecular weight is 432 g/mol. The van der Waals surface area contributed by atoms with Crippen molar-refractivity contribution in [3.63, 3.8) is 0 Å². The van der Waals surface area contributed by atoms with Gasteiger partial charge in [0.2, 0.25) is 0 Å². The minimum absolute atomic E-state index is 0.0912. The van der Waals surface area contributed by atoms with E-state index in [1.807, 2.05) is 6.92 Å². The zero-order chi connectivity index (χ0) is 23.5. The minimum Gasteiger partial charge on any atom is -0.461 e. The number of esters is 1. The Labute approximate surface area is 176 Å². The molecule has 170 valence electrons. The highest BCUT2D eigenvalue weighted by molar-refractivity contribution is 5.90. The van der Waals surface area contributed by atoms with Gasteiger partial charge in [0.15, 0.2) is 5.69 Å². The highest BCUT2D eigenvalue weighted by Gasteiger charge is 2.42. The number of alkyl halides is 3. The molecule has 1 heterocycles. The summed E-state index contributed by atoms with van der Waals surface area (Å²) < 4.78 is 44.7. The Bertz CT molecular complexity index is 756. The Morgan fingerprint density at radius 3 is 1.93 bits per heavy atom. The van der Waals surface area contributed by atoms with E-state index in [0.29, 0.717) is 17.8 Å². The molecule has 7 nitrogen and oxygen atoms in total. The van der Waals surface area contributed by atoms with Crippen molar-refractivity contribution in [3.8, 4) is 12.0 Å². The Morgan fingerprint density at radius 1 is 1.07 bits per heavy atom. The van der Waals surface area contributed by atoms with E-state index in [4.69, 9.17) is 0 Å². The fourth-order valence-electron chi connectivity index (χ4n) is 2.54. The number of ether oxygens (including phenoxy) is 1. The number of aromatic nitrogens is 2. The van der Waals surface area contributed by atoms with Crippen LogP contribution >= 0.6 is 0 Å². The van der Waals surface area contributed by atoms with E-state index in [0.717, 1.165) is 20.0 Å². The maximum absolute atomic E-state index is 13.2. The molecule has 0 saturated carbocycles. The van der Waals surface area contributed by atoms with Crippen molar-refractivity contribution in [3.05, 3.63) is 17.0 Å². The van der Waals surface area contributed by atoms with Crippen LogP contribution in [0.2, 0.25) is 0 Å². The van der Waals surface area contributed by atoms with E-state index in [1.54, 1.807) is 13.8 Å². The number of amides is 1. The zero-order valence-electron chi connectivity index (χ0n) is 18.7. The van der Waals surface area contributed by atoms with Gasteiger partial charge in [-0.3, -0.25) is 0 Å². The van der Waals surface area contributed by atoms with Crippen LogP contribution in [0.25, 0.3) is 0 Å². The summed E-state index contributed by atoms with van der Waals surface area (Å²) in [4.78, 5) is 27.3. The quantitative estimate of drug-likeness (QED) is 0.386. The van der Waals surface area contributed by atoms with Crippen LogP contribution in [0.15, 0.2) is 0 Å². The molecular weight excluding hydrogens is 401 g/mol. The van der Waals surface area contributed by atoms with Gasteiger partial charge in [-0.15, -0.1) is 0 Å². The van der Waals surface area contributed by atoms with E-state index < -0.39 is 35.1 Å². The van der Waals surface area contributed by atoms with Crippen LogP contribution in [-0.4, -0.2) is 64.4 Å². The maximum atomic E-state index is 13.2. The fraction of sp³-hybridized carbons (Fsp3) is 0.650. The van der Waals surface area contributed by atoms with Gasteiger partial charge in [-0.1, -0.05) is 5.92 Å². The van der Waals surface area contributed by atoms with Crippen molar-refractivity contribution in [1.29, 1.82) is 0 Å². The lowest BCUT2D eigenvalue weighted by Crippen LogP contribution is -2.35. The molecule has 1 aromatic rings. The summed E-state index contributed by atoms with van der Waals surface area (Å²) in [6.07, 6.45) is -4.81. The van der Waals surface area contributed by atoms with Crippen LogP contribution in [-0.2, 0) is 10.9 Å². The van der Waals surface area contributed by atoms with E-state index in [-0.39, 0.29) is 6.61 Å².